The Morgan fingerprint density at radius 2 is 1.79 bits per heavy atom. The molecule has 0 radical (unpaired) electrons. The number of rotatable bonds is 16. The van der Waals surface area contributed by atoms with E-state index in [4.69, 9.17) is 15.1 Å². The molecule has 2 atom stereocenters. The third-order valence-electron chi connectivity index (χ3n) is 7.55. The highest BCUT2D eigenvalue weighted by molar-refractivity contribution is 7.81. The number of hydrogen-bond acceptors (Lipinski definition) is 11. The first-order valence-corrected chi connectivity index (χ1v) is 16.7. The zero-order valence-electron chi connectivity index (χ0n) is 27.0. The van der Waals surface area contributed by atoms with Gasteiger partial charge in [-0.2, -0.15) is 13.7 Å². The second kappa shape index (κ2) is 16.8. The number of aromatic nitrogens is 1. The van der Waals surface area contributed by atoms with Crippen molar-refractivity contribution in [3.8, 4) is 17.6 Å². The lowest BCUT2D eigenvalue weighted by Crippen LogP contribution is -2.48. The third kappa shape index (κ3) is 11.3. The Morgan fingerprint density at radius 3 is 2.46 bits per heavy atom. The van der Waals surface area contributed by atoms with Crippen LogP contribution in [-0.2, 0) is 36.1 Å². The van der Waals surface area contributed by atoms with Gasteiger partial charge in [0.15, 0.2) is 0 Å². The van der Waals surface area contributed by atoms with E-state index < -0.39 is 84.0 Å². The number of nitrogens with zero attached hydrogens (tertiary/aromatic N) is 3. The first-order chi connectivity index (χ1) is 24.5. The maximum atomic E-state index is 13.7. The number of halogens is 3. The Bertz CT molecular complexity index is 1990. The van der Waals surface area contributed by atoms with Gasteiger partial charge in [0, 0.05) is 24.4 Å². The summed E-state index contributed by atoms with van der Waals surface area (Å²) in [6, 6.07) is 9.92. The van der Waals surface area contributed by atoms with Gasteiger partial charge in [-0.15, -0.1) is 0 Å². The molecule has 4 rings (SSSR count). The van der Waals surface area contributed by atoms with E-state index in [0.29, 0.717) is 16.5 Å². The number of ether oxygens (including phenoxy) is 1. The molecule has 1 aromatic heterocycles. The van der Waals surface area contributed by atoms with Crippen LogP contribution in [0.4, 0.5) is 12.7 Å². The molecule has 3 aromatic rings. The summed E-state index contributed by atoms with van der Waals surface area (Å²) in [6.45, 7) is -1.74. The van der Waals surface area contributed by atoms with Gasteiger partial charge >= 0.3 is 16.5 Å². The topological polar surface area (TPSA) is 234 Å². The highest BCUT2D eigenvalue weighted by Crippen LogP contribution is 2.31. The van der Waals surface area contributed by atoms with Crippen LogP contribution in [-0.4, -0.2) is 97.3 Å². The lowest BCUT2D eigenvalue weighted by Gasteiger charge is -2.19. The largest absolute Gasteiger partial charge is 0.492 e. The number of likely N-dealkylation sites (tertiary alicyclic amines) is 1. The zero-order chi connectivity index (χ0) is 38.1. The smallest absolute Gasteiger partial charge is 0.488 e. The Labute approximate surface area is 294 Å². The molecule has 2 heterocycles. The molecule has 0 unspecified atom stereocenters. The molecule has 0 bridgehead atoms. The van der Waals surface area contributed by atoms with Crippen molar-refractivity contribution in [2.75, 3.05) is 26.2 Å². The molecule has 276 valence electrons. The number of carbonyl (C=O) groups excluding carboxylic acids is 4. The lowest BCUT2D eigenvalue weighted by molar-refractivity contribution is -0.138. The fraction of sp³-hybridized carbons (Fsp3) is 0.344. The van der Waals surface area contributed by atoms with Crippen molar-refractivity contribution in [3.63, 3.8) is 0 Å². The molecule has 1 aliphatic rings. The molecule has 4 N–H and O–H groups in total. The number of carboxylic acid groups (broad SMARTS) is 1. The van der Waals surface area contributed by atoms with Crippen molar-refractivity contribution >= 4 is 51.0 Å². The summed E-state index contributed by atoms with van der Waals surface area (Å²) in [7, 11) is -5.23. The molecule has 0 spiro atoms. The minimum absolute atomic E-state index is 0.0863. The lowest BCUT2D eigenvalue weighted by atomic mass is 10.1. The van der Waals surface area contributed by atoms with Crippen LogP contribution in [0.15, 0.2) is 54.7 Å². The van der Waals surface area contributed by atoms with Crippen LogP contribution in [0.25, 0.3) is 10.9 Å². The van der Waals surface area contributed by atoms with Gasteiger partial charge in [-0.05, 0) is 48.4 Å². The number of hydrogen-bond donors (Lipinski definition) is 4. The monoisotopic (exact) mass is 748 g/mol. The van der Waals surface area contributed by atoms with Crippen LogP contribution >= 0.6 is 0 Å². The SMILES string of the molecule is N#C[C@@H]1CC(F)(F)CN1C(=O)CNC(=O)c1ccnc2ccc(OCCNC(=O)[C@H](CCC(=O)O)NC(=O)Cc3ccc(OS(=O)(=O)F)cc3)cc12. The number of aliphatic carboxylic acids is 1. The number of pyridine rings is 1. The number of nitrogens with one attached hydrogen (secondary N) is 3. The summed E-state index contributed by atoms with van der Waals surface area (Å²) in [5.41, 5.74) is 0.835. The maximum absolute atomic E-state index is 13.7. The number of carbonyl (C=O) groups is 5. The molecule has 4 amide bonds. The Hall–Kier alpha value is -5.97. The predicted molar refractivity (Wildman–Crippen MR) is 173 cm³/mol. The number of amides is 4. The first kappa shape index (κ1) is 38.8. The third-order valence-corrected chi connectivity index (χ3v) is 7.94. The number of nitriles is 1. The summed E-state index contributed by atoms with van der Waals surface area (Å²) >= 11 is 0. The molecule has 52 heavy (non-hydrogen) atoms. The van der Waals surface area contributed by atoms with Gasteiger partial charge in [0.25, 0.3) is 11.8 Å². The summed E-state index contributed by atoms with van der Waals surface area (Å²) < 4.78 is 71.2. The van der Waals surface area contributed by atoms with Crippen molar-refractivity contribution < 1.29 is 59.1 Å². The number of carboxylic acids is 1. The summed E-state index contributed by atoms with van der Waals surface area (Å²) in [5.74, 6) is -7.40. The normalized spacial score (nSPS) is 15.6. The second-order valence-electron chi connectivity index (χ2n) is 11.4. The molecule has 20 heteroatoms. The van der Waals surface area contributed by atoms with E-state index >= 15 is 0 Å². The van der Waals surface area contributed by atoms with Crippen LogP contribution in [0, 0.1) is 11.3 Å². The van der Waals surface area contributed by atoms with Crippen LogP contribution < -0.4 is 24.9 Å². The van der Waals surface area contributed by atoms with Crippen LogP contribution in [0.2, 0.25) is 0 Å². The number of fused-ring (bicyclic) bond motifs is 1. The van der Waals surface area contributed by atoms with Crippen molar-refractivity contribution in [3.05, 3.63) is 65.9 Å². The molecular formula is C32H31F3N6O10S. The van der Waals surface area contributed by atoms with E-state index in [1.54, 1.807) is 18.2 Å². The van der Waals surface area contributed by atoms with Crippen molar-refractivity contribution in [2.24, 2.45) is 0 Å². The fourth-order valence-electron chi connectivity index (χ4n) is 5.17. The van der Waals surface area contributed by atoms with E-state index in [1.807, 2.05) is 0 Å². The number of benzene rings is 2. The van der Waals surface area contributed by atoms with Gasteiger partial charge in [-0.1, -0.05) is 16.0 Å². The van der Waals surface area contributed by atoms with Gasteiger partial charge in [-0.25, -0.2) is 8.78 Å². The van der Waals surface area contributed by atoms with Gasteiger partial charge in [-0.3, -0.25) is 29.0 Å². The van der Waals surface area contributed by atoms with Crippen LogP contribution in [0.3, 0.4) is 0 Å². The highest BCUT2D eigenvalue weighted by atomic mass is 32.3. The van der Waals surface area contributed by atoms with Gasteiger partial charge in [0.2, 0.25) is 17.7 Å². The highest BCUT2D eigenvalue weighted by Gasteiger charge is 2.47. The first-order valence-electron chi connectivity index (χ1n) is 15.4. The molecule has 0 aliphatic carbocycles. The summed E-state index contributed by atoms with van der Waals surface area (Å²) in [5, 5.41) is 25.9. The van der Waals surface area contributed by atoms with E-state index in [1.165, 1.54) is 30.5 Å². The molecule has 0 saturated carbocycles. The quantitative estimate of drug-likeness (QED) is 0.120. The van der Waals surface area contributed by atoms with E-state index in [-0.39, 0.29) is 43.1 Å². The summed E-state index contributed by atoms with van der Waals surface area (Å²) in [6.07, 6.45) is -0.400. The van der Waals surface area contributed by atoms with Crippen LogP contribution in [0.1, 0.15) is 35.2 Å². The molecule has 1 fully saturated rings. The minimum Gasteiger partial charge on any atom is -0.492 e. The Balaban J connectivity index is 1.31. The van der Waals surface area contributed by atoms with Crippen molar-refractivity contribution in [1.82, 2.24) is 25.8 Å². The second-order valence-corrected chi connectivity index (χ2v) is 12.4. The Kier molecular flexibility index (Phi) is 12.6. The van der Waals surface area contributed by atoms with Gasteiger partial charge in [0.1, 0.15) is 30.2 Å². The maximum Gasteiger partial charge on any atom is 0.488 e. The average Bonchev–Trinajstić information content (AvgIpc) is 3.41. The van der Waals surface area contributed by atoms with E-state index in [9.17, 15) is 45.1 Å². The van der Waals surface area contributed by atoms with Crippen LogP contribution in [0.5, 0.6) is 11.5 Å². The Morgan fingerprint density at radius 1 is 1.08 bits per heavy atom. The van der Waals surface area contributed by atoms with Crippen molar-refractivity contribution in [1.29, 1.82) is 5.26 Å². The molecule has 2 aromatic carbocycles. The average molecular weight is 749 g/mol. The number of alkyl halides is 2. The van der Waals surface area contributed by atoms with Gasteiger partial charge in [0.05, 0.1) is 43.2 Å². The molecular weight excluding hydrogens is 717 g/mol. The molecule has 1 aliphatic heterocycles. The van der Waals surface area contributed by atoms with E-state index in [0.717, 1.165) is 17.0 Å². The summed E-state index contributed by atoms with van der Waals surface area (Å²) in [4.78, 5) is 67.1. The molecule has 1 saturated heterocycles. The van der Waals surface area contributed by atoms with Gasteiger partial charge < -0.3 is 34.9 Å². The fourth-order valence-corrected chi connectivity index (χ4v) is 5.51. The van der Waals surface area contributed by atoms with E-state index in [2.05, 4.69) is 25.1 Å². The zero-order valence-corrected chi connectivity index (χ0v) is 27.8. The molecule has 16 nitrogen and oxygen atoms in total. The van der Waals surface area contributed by atoms with Crippen molar-refractivity contribution in [2.45, 2.75) is 43.7 Å². The predicted octanol–water partition coefficient (Wildman–Crippen LogP) is 1.40. The standard InChI is InChI=1S/C32H31F3N6O10S/c33-32(34)15-20(16-36)41(18-32)28(43)17-39-30(46)23-9-10-37-25-6-5-22(14-24(23)25)50-12-11-38-31(47)26(7-8-29(44)45)40-27(42)13-19-1-3-21(4-2-19)51-52(35,48)49/h1-6,9-10,14,20,26H,7-8,11-13,15,17-18H2,(H,38,47)(H,39,46)(H,40,42)(H,44,45)/t20-,26-/m0/s1. The minimum atomic E-state index is -5.23.